The van der Waals surface area contributed by atoms with Crippen LogP contribution in [0.4, 0.5) is 0 Å². The molecule has 1 fully saturated rings. The van der Waals surface area contributed by atoms with Crippen molar-refractivity contribution in [2.75, 3.05) is 26.2 Å². The first kappa shape index (κ1) is 13.6. The highest BCUT2D eigenvalue weighted by Gasteiger charge is 2.18. The maximum atomic E-state index is 4.23. The third-order valence-corrected chi connectivity index (χ3v) is 4.07. The van der Waals surface area contributed by atoms with Gasteiger partial charge in [0.1, 0.15) is 0 Å². The third-order valence-electron chi connectivity index (χ3n) is 4.07. The van der Waals surface area contributed by atoms with Crippen molar-refractivity contribution in [1.82, 2.24) is 20.4 Å². The number of aromatic amines is 1. The zero-order valence-electron chi connectivity index (χ0n) is 11.9. The van der Waals surface area contributed by atoms with Gasteiger partial charge in [0, 0.05) is 24.3 Å². The molecule has 1 atom stereocenters. The van der Waals surface area contributed by atoms with E-state index in [0.29, 0.717) is 0 Å². The lowest BCUT2D eigenvalue weighted by atomic mass is 9.98. The summed E-state index contributed by atoms with van der Waals surface area (Å²) in [6, 6.07) is 0. The first-order valence-electron chi connectivity index (χ1n) is 7.14. The van der Waals surface area contributed by atoms with Gasteiger partial charge in [0.15, 0.2) is 0 Å². The van der Waals surface area contributed by atoms with Crippen molar-refractivity contribution >= 4 is 0 Å². The molecular weight excluding hydrogens is 224 g/mol. The lowest BCUT2D eigenvalue weighted by Gasteiger charge is -2.31. The number of nitrogens with one attached hydrogen (secondary N) is 2. The molecule has 1 unspecified atom stereocenters. The van der Waals surface area contributed by atoms with Gasteiger partial charge in [-0.3, -0.25) is 5.10 Å². The Hall–Kier alpha value is -0.870. The number of nitrogens with zero attached hydrogens (tertiary/aromatic N) is 2. The summed E-state index contributed by atoms with van der Waals surface area (Å²) < 4.78 is 0. The second kappa shape index (κ2) is 6.34. The number of hydrogen-bond acceptors (Lipinski definition) is 3. The Morgan fingerprint density at radius 1 is 1.44 bits per heavy atom. The topological polar surface area (TPSA) is 44.0 Å². The van der Waals surface area contributed by atoms with Gasteiger partial charge in [-0.1, -0.05) is 6.92 Å². The van der Waals surface area contributed by atoms with Crippen LogP contribution in [-0.2, 0) is 6.54 Å². The Kier molecular flexibility index (Phi) is 4.78. The van der Waals surface area contributed by atoms with E-state index in [4.69, 9.17) is 0 Å². The van der Waals surface area contributed by atoms with Crippen molar-refractivity contribution < 1.29 is 0 Å². The van der Waals surface area contributed by atoms with Crippen LogP contribution in [0.1, 0.15) is 36.7 Å². The molecule has 18 heavy (non-hydrogen) atoms. The van der Waals surface area contributed by atoms with E-state index in [1.54, 1.807) is 0 Å². The number of aromatic nitrogens is 2. The van der Waals surface area contributed by atoms with Crippen LogP contribution in [-0.4, -0.2) is 41.3 Å². The molecule has 1 saturated heterocycles. The molecule has 2 rings (SSSR count). The van der Waals surface area contributed by atoms with Gasteiger partial charge in [-0.2, -0.15) is 5.10 Å². The van der Waals surface area contributed by atoms with Gasteiger partial charge in [-0.25, -0.2) is 0 Å². The van der Waals surface area contributed by atoms with Crippen molar-refractivity contribution in [3.63, 3.8) is 0 Å². The highest BCUT2D eigenvalue weighted by molar-refractivity contribution is 5.22. The zero-order chi connectivity index (χ0) is 13.0. The molecule has 0 radical (unpaired) electrons. The monoisotopic (exact) mass is 250 g/mol. The van der Waals surface area contributed by atoms with Gasteiger partial charge in [-0.15, -0.1) is 0 Å². The Morgan fingerprint density at radius 3 is 2.94 bits per heavy atom. The van der Waals surface area contributed by atoms with Gasteiger partial charge < -0.3 is 10.2 Å². The fourth-order valence-electron chi connectivity index (χ4n) is 2.84. The predicted molar refractivity (Wildman–Crippen MR) is 74.6 cm³/mol. The van der Waals surface area contributed by atoms with E-state index in [-0.39, 0.29) is 0 Å². The molecule has 1 aromatic rings. The Morgan fingerprint density at radius 2 is 2.28 bits per heavy atom. The van der Waals surface area contributed by atoms with Gasteiger partial charge in [0.05, 0.1) is 5.69 Å². The largest absolute Gasteiger partial charge is 0.312 e. The lowest BCUT2D eigenvalue weighted by molar-refractivity contribution is 0.180. The third kappa shape index (κ3) is 3.33. The highest BCUT2D eigenvalue weighted by Crippen LogP contribution is 2.15. The molecule has 2 N–H and O–H groups in total. The maximum Gasteiger partial charge on any atom is 0.0638 e. The van der Waals surface area contributed by atoms with Crippen LogP contribution in [0.5, 0.6) is 0 Å². The summed E-state index contributed by atoms with van der Waals surface area (Å²) in [4.78, 5) is 2.56. The standard InChI is InChI=1S/C14H26N4/c1-4-18-7-5-6-13(10-18)8-15-9-14-11(2)16-17-12(14)3/h13,15H,4-10H2,1-3H3,(H,16,17). The average molecular weight is 250 g/mol. The van der Waals surface area contributed by atoms with E-state index >= 15 is 0 Å². The van der Waals surface area contributed by atoms with E-state index in [1.165, 1.54) is 43.7 Å². The zero-order valence-corrected chi connectivity index (χ0v) is 11.9. The number of rotatable bonds is 5. The summed E-state index contributed by atoms with van der Waals surface area (Å²) in [5.41, 5.74) is 3.65. The molecular formula is C14H26N4. The molecule has 102 valence electrons. The van der Waals surface area contributed by atoms with Gasteiger partial charge in [0.2, 0.25) is 0 Å². The molecule has 1 aliphatic rings. The van der Waals surface area contributed by atoms with Crippen LogP contribution >= 0.6 is 0 Å². The van der Waals surface area contributed by atoms with E-state index < -0.39 is 0 Å². The van der Waals surface area contributed by atoms with E-state index in [0.717, 1.165) is 24.7 Å². The van der Waals surface area contributed by atoms with Crippen molar-refractivity contribution in [2.45, 2.75) is 40.2 Å². The van der Waals surface area contributed by atoms with Crippen LogP contribution in [0, 0.1) is 19.8 Å². The van der Waals surface area contributed by atoms with Gasteiger partial charge >= 0.3 is 0 Å². The minimum atomic E-state index is 0.811. The van der Waals surface area contributed by atoms with Crippen molar-refractivity contribution in [1.29, 1.82) is 0 Å². The molecule has 0 aromatic carbocycles. The molecule has 0 spiro atoms. The molecule has 4 heteroatoms. The van der Waals surface area contributed by atoms with Crippen LogP contribution < -0.4 is 5.32 Å². The molecule has 0 amide bonds. The van der Waals surface area contributed by atoms with Crippen molar-refractivity contribution in [3.05, 3.63) is 17.0 Å². The SMILES string of the molecule is CCN1CCCC(CNCc2c(C)n[nH]c2C)C1. The number of H-pyrrole nitrogens is 1. The second-order valence-electron chi connectivity index (χ2n) is 5.44. The molecule has 2 heterocycles. The maximum absolute atomic E-state index is 4.23. The number of likely N-dealkylation sites (tertiary alicyclic amines) is 1. The van der Waals surface area contributed by atoms with Crippen LogP contribution in [0.2, 0.25) is 0 Å². The first-order valence-corrected chi connectivity index (χ1v) is 7.14. The summed E-state index contributed by atoms with van der Waals surface area (Å²) >= 11 is 0. The highest BCUT2D eigenvalue weighted by atomic mass is 15.1. The number of hydrogen-bond donors (Lipinski definition) is 2. The van der Waals surface area contributed by atoms with Gasteiger partial charge in [-0.05, 0) is 52.2 Å². The van der Waals surface area contributed by atoms with Crippen LogP contribution in [0.3, 0.4) is 0 Å². The fourth-order valence-corrected chi connectivity index (χ4v) is 2.84. The van der Waals surface area contributed by atoms with E-state index in [9.17, 15) is 0 Å². The minimum absolute atomic E-state index is 0.811. The van der Waals surface area contributed by atoms with Crippen molar-refractivity contribution in [2.24, 2.45) is 5.92 Å². The molecule has 0 bridgehead atoms. The summed E-state index contributed by atoms with van der Waals surface area (Å²) in [6.45, 7) is 12.2. The Bertz CT molecular complexity index is 352. The molecule has 0 aliphatic carbocycles. The molecule has 1 aliphatic heterocycles. The summed E-state index contributed by atoms with van der Waals surface area (Å²) in [5, 5.41) is 10.9. The van der Waals surface area contributed by atoms with Crippen molar-refractivity contribution in [3.8, 4) is 0 Å². The van der Waals surface area contributed by atoms with E-state index in [1.807, 2.05) is 0 Å². The lowest BCUT2D eigenvalue weighted by Crippen LogP contribution is -2.39. The smallest absolute Gasteiger partial charge is 0.0638 e. The minimum Gasteiger partial charge on any atom is -0.312 e. The summed E-state index contributed by atoms with van der Waals surface area (Å²) in [5.74, 6) is 0.811. The number of piperidine rings is 1. The fraction of sp³-hybridized carbons (Fsp3) is 0.786. The summed E-state index contributed by atoms with van der Waals surface area (Å²) in [6.07, 6.45) is 2.72. The molecule has 4 nitrogen and oxygen atoms in total. The van der Waals surface area contributed by atoms with Crippen LogP contribution in [0.25, 0.3) is 0 Å². The quantitative estimate of drug-likeness (QED) is 0.838. The Labute approximate surface area is 110 Å². The van der Waals surface area contributed by atoms with Gasteiger partial charge in [0.25, 0.3) is 0 Å². The molecule has 1 aromatic heterocycles. The first-order chi connectivity index (χ1) is 8.70. The average Bonchev–Trinajstić information content (AvgIpc) is 2.70. The molecule has 0 saturated carbocycles. The second-order valence-corrected chi connectivity index (χ2v) is 5.44. The van der Waals surface area contributed by atoms with Crippen LogP contribution in [0.15, 0.2) is 0 Å². The van der Waals surface area contributed by atoms with E-state index in [2.05, 4.69) is 41.2 Å². The predicted octanol–water partition coefficient (Wildman–Crippen LogP) is 1.85. The number of aryl methyl sites for hydroxylation is 2. The normalized spacial score (nSPS) is 21.4. The summed E-state index contributed by atoms with van der Waals surface area (Å²) in [7, 11) is 0. The Balaban J connectivity index is 1.75.